The van der Waals surface area contributed by atoms with Crippen LogP contribution in [-0.4, -0.2) is 13.1 Å². The lowest BCUT2D eigenvalue weighted by atomic mass is 10.1. The summed E-state index contributed by atoms with van der Waals surface area (Å²) < 4.78 is 39.1. The normalized spacial score (nSPS) is 12.4. The smallest absolute Gasteiger partial charge is 0.194 e. The summed E-state index contributed by atoms with van der Waals surface area (Å²) in [4.78, 5) is 10.8. The predicted octanol–water partition coefficient (Wildman–Crippen LogP) is 5.96. The van der Waals surface area contributed by atoms with Crippen molar-refractivity contribution in [2.75, 3.05) is 0 Å². The van der Waals surface area contributed by atoms with E-state index in [-0.39, 0.29) is 0 Å². The first-order valence-corrected chi connectivity index (χ1v) is 10.8. The van der Waals surface area contributed by atoms with Crippen LogP contribution in [0.3, 0.4) is 0 Å². The van der Waals surface area contributed by atoms with Crippen molar-refractivity contribution in [3.8, 4) is 0 Å². The molecule has 0 unspecified atom stereocenters. The molecule has 0 aliphatic carbocycles. The van der Waals surface area contributed by atoms with Crippen LogP contribution in [0.1, 0.15) is 58.9 Å². The fraction of sp³-hybridized carbons (Fsp3) is 0.667. The first-order valence-electron chi connectivity index (χ1n) is 8.54. The van der Waals surface area contributed by atoms with Gasteiger partial charge in [0.1, 0.15) is 0 Å². The molecule has 23 heavy (non-hydrogen) atoms. The topological polar surface area (TPSA) is 20.2 Å². The van der Waals surface area contributed by atoms with Crippen LogP contribution in [0, 0.1) is 17.5 Å². The molecule has 0 aliphatic heterocycles. The summed E-state index contributed by atoms with van der Waals surface area (Å²) in [7, 11) is -2.19. The van der Waals surface area contributed by atoms with Crippen LogP contribution in [0.25, 0.3) is 0 Å². The Balaban J connectivity index is 2.33. The zero-order chi connectivity index (χ0) is 17.6. The Hall–Kier alpha value is -0.813. The van der Waals surface area contributed by atoms with E-state index >= 15 is 0 Å². The number of rotatable bonds is 9. The molecule has 0 spiro atoms. The van der Waals surface area contributed by atoms with E-state index in [1.165, 1.54) is 0 Å². The maximum absolute atomic E-state index is 13.1. The van der Waals surface area contributed by atoms with Crippen LogP contribution in [0.2, 0.25) is 17.1 Å². The minimum absolute atomic E-state index is 0.354. The third kappa shape index (κ3) is 5.64. The average Bonchev–Trinajstić information content (AvgIpc) is 2.47. The highest BCUT2D eigenvalue weighted by molar-refractivity contribution is 6.75. The Kier molecular flexibility index (Phi) is 7.81. The summed E-state index contributed by atoms with van der Waals surface area (Å²) in [6.45, 7) is 8.40. The minimum Gasteiger partial charge on any atom is -0.431 e. The Labute approximate surface area is 139 Å². The van der Waals surface area contributed by atoms with E-state index in [0.717, 1.165) is 43.9 Å². The van der Waals surface area contributed by atoms with Gasteiger partial charge in [0.05, 0.1) is 0 Å². The zero-order valence-corrected chi connectivity index (χ0v) is 15.6. The average molecular weight is 347 g/mol. The molecule has 0 bridgehead atoms. The Bertz CT molecular complexity index is 472. The van der Waals surface area contributed by atoms with E-state index < -0.39 is 25.8 Å². The Morgan fingerprint density at radius 3 is 1.83 bits per heavy atom. The highest BCUT2D eigenvalue weighted by Crippen LogP contribution is 2.34. The fourth-order valence-corrected chi connectivity index (χ4v) is 6.39. The molecule has 0 atom stereocenters. The van der Waals surface area contributed by atoms with Gasteiger partial charge in [-0.15, -0.1) is 0 Å². The lowest BCUT2D eigenvalue weighted by Gasteiger charge is -2.33. The van der Waals surface area contributed by atoms with Crippen molar-refractivity contribution in [2.45, 2.75) is 76.9 Å². The molecule has 0 radical (unpaired) electrons. The number of aryl methyl sites for hydroxylation is 1. The van der Waals surface area contributed by atoms with Gasteiger partial charge in [-0.05, 0) is 47.7 Å². The standard InChI is InChI=1S/C18H29F3OSi/c1-13(2)23(22,14(3)4)10-8-6-5-7-9-15-11-16(19)18(21)17(20)12-15/h11-14,22H,5-10H2,1-4H3. The molecule has 0 saturated carbocycles. The molecule has 1 N–H and O–H groups in total. The predicted molar refractivity (Wildman–Crippen MR) is 91.5 cm³/mol. The van der Waals surface area contributed by atoms with Gasteiger partial charge in [0, 0.05) is 0 Å². The lowest BCUT2D eigenvalue weighted by molar-refractivity contribution is 0.444. The van der Waals surface area contributed by atoms with Crippen molar-refractivity contribution in [1.82, 2.24) is 0 Å². The summed E-state index contributed by atoms with van der Waals surface area (Å²) in [5, 5.41) is 0. The monoisotopic (exact) mass is 346 g/mol. The zero-order valence-electron chi connectivity index (χ0n) is 14.6. The van der Waals surface area contributed by atoms with Crippen molar-refractivity contribution >= 4 is 8.32 Å². The van der Waals surface area contributed by atoms with Gasteiger partial charge in [0.25, 0.3) is 0 Å². The molecule has 0 saturated heterocycles. The van der Waals surface area contributed by atoms with Gasteiger partial charge in [0.15, 0.2) is 25.8 Å². The van der Waals surface area contributed by atoms with E-state index in [1.807, 2.05) is 0 Å². The van der Waals surface area contributed by atoms with Gasteiger partial charge in [-0.2, -0.15) is 0 Å². The van der Waals surface area contributed by atoms with Crippen LogP contribution < -0.4 is 0 Å². The van der Waals surface area contributed by atoms with E-state index in [0.29, 0.717) is 23.1 Å². The third-order valence-corrected chi connectivity index (χ3v) is 9.99. The summed E-state index contributed by atoms with van der Waals surface area (Å²) in [6.07, 6.45) is 4.30. The van der Waals surface area contributed by atoms with E-state index in [1.54, 1.807) is 0 Å². The molecular weight excluding hydrogens is 317 g/mol. The molecule has 1 rings (SSSR count). The molecule has 1 aromatic carbocycles. The maximum Gasteiger partial charge on any atom is 0.194 e. The molecule has 0 aromatic heterocycles. The van der Waals surface area contributed by atoms with Gasteiger partial charge in [-0.3, -0.25) is 0 Å². The van der Waals surface area contributed by atoms with Crippen LogP contribution in [0.15, 0.2) is 12.1 Å². The summed E-state index contributed by atoms with van der Waals surface area (Å²) in [5.74, 6) is -3.64. The highest BCUT2D eigenvalue weighted by Gasteiger charge is 2.37. The number of benzene rings is 1. The Morgan fingerprint density at radius 2 is 1.35 bits per heavy atom. The first kappa shape index (κ1) is 20.2. The molecular formula is C18H29F3OSi. The fourth-order valence-electron chi connectivity index (χ4n) is 3.09. The largest absolute Gasteiger partial charge is 0.431 e. The second-order valence-corrected chi connectivity index (χ2v) is 11.9. The van der Waals surface area contributed by atoms with Crippen molar-refractivity contribution < 1.29 is 18.0 Å². The van der Waals surface area contributed by atoms with Gasteiger partial charge in [-0.25, -0.2) is 13.2 Å². The molecule has 1 nitrogen and oxygen atoms in total. The van der Waals surface area contributed by atoms with E-state index in [2.05, 4.69) is 27.7 Å². The quantitative estimate of drug-likeness (QED) is 0.332. The molecule has 5 heteroatoms. The first-order chi connectivity index (χ1) is 10.7. The molecule has 0 heterocycles. The second kappa shape index (κ2) is 8.88. The van der Waals surface area contributed by atoms with Crippen LogP contribution >= 0.6 is 0 Å². The number of unbranched alkanes of at least 4 members (excludes halogenated alkanes) is 3. The van der Waals surface area contributed by atoms with Crippen molar-refractivity contribution in [3.63, 3.8) is 0 Å². The Morgan fingerprint density at radius 1 is 0.870 bits per heavy atom. The second-order valence-electron chi connectivity index (χ2n) is 7.09. The summed E-state index contributed by atoms with van der Waals surface area (Å²) in [6, 6.07) is 3.05. The molecule has 0 amide bonds. The van der Waals surface area contributed by atoms with Crippen molar-refractivity contribution in [1.29, 1.82) is 0 Å². The SMILES string of the molecule is CC(C)[Si](O)(CCCCCCc1cc(F)c(F)c(F)c1)C(C)C. The number of hydrogen-bond donors (Lipinski definition) is 1. The summed E-state index contributed by atoms with van der Waals surface area (Å²) in [5.41, 5.74) is 1.21. The third-order valence-electron chi connectivity index (χ3n) is 4.84. The maximum atomic E-state index is 13.1. The van der Waals surface area contributed by atoms with E-state index in [9.17, 15) is 18.0 Å². The lowest BCUT2D eigenvalue weighted by Crippen LogP contribution is -2.41. The summed E-state index contributed by atoms with van der Waals surface area (Å²) >= 11 is 0. The van der Waals surface area contributed by atoms with E-state index in [4.69, 9.17) is 0 Å². The molecule has 0 aliphatic rings. The van der Waals surface area contributed by atoms with Crippen molar-refractivity contribution in [3.05, 3.63) is 35.1 Å². The number of hydrogen-bond acceptors (Lipinski definition) is 1. The van der Waals surface area contributed by atoms with Gasteiger partial charge in [-0.1, -0.05) is 47.0 Å². The van der Waals surface area contributed by atoms with Crippen molar-refractivity contribution in [2.24, 2.45) is 0 Å². The van der Waals surface area contributed by atoms with Gasteiger partial charge >= 0.3 is 0 Å². The highest BCUT2D eigenvalue weighted by atomic mass is 28.4. The van der Waals surface area contributed by atoms with Crippen LogP contribution in [0.5, 0.6) is 0 Å². The molecule has 132 valence electrons. The number of halogens is 3. The van der Waals surface area contributed by atoms with Crippen LogP contribution in [-0.2, 0) is 6.42 Å². The van der Waals surface area contributed by atoms with Crippen LogP contribution in [0.4, 0.5) is 13.2 Å². The molecule has 0 fully saturated rings. The van der Waals surface area contributed by atoms with Gasteiger partial charge < -0.3 is 4.80 Å². The minimum atomic E-state index is -2.19. The molecule has 1 aromatic rings. The van der Waals surface area contributed by atoms with Gasteiger partial charge in [0.2, 0.25) is 0 Å².